The molecule has 4 heteroatoms. The molecule has 1 fully saturated rings. The Balaban J connectivity index is 1.67. The fourth-order valence-corrected chi connectivity index (χ4v) is 3.19. The topological polar surface area (TPSA) is 31.4 Å². The Hall–Kier alpha value is -1.94. The molecule has 128 valence electrons. The van der Waals surface area contributed by atoms with E-state index < -0.39 is 0 Å². The Labute approximate surface area is 142 Å². The lowest BCUT2D eigenvalue weighted by Gasteiger charge is -2.30. The highest BCUT2D eigenvalue weighted by molar-refractivity contribution is 5.61. The highest BCUT2D eigenvalue weighted by atomic mass is 19.1. The number of ether oxygens (including phenoxy) is 2. The molecule has 0 bridgehead atoms. The summed E-state index contributed by atoms with van der Waals surface area (Å²) in [7, 11) is 0. The standard InChI is InChI=1S/C20H24FNO2/c1-3-15-8-9-23-12-16(15)13-24-17-5-6-18(19(21)10-17)20-7-4-14(2)11-22-20/h4-7,10-11,15-16H,3,8-9,12-13H2,1-2H3/t15?,16-/m1/s1. The number of benzene rings is 1. The van der Waals surface area contributed by atoms with Crippen molar-refractivity contribution >= 4 is 0 Å². The number of pyridine rings is 1. The lowest BCUT2D eigenvalue weighted by molar-refractivity contribution is -0.00344. The van der Waals surface area contributed by atoms with Crippen LogP contribution in [0.2, 0.25) is 0 Å². The van der Waals surface area contributed by atoms with Gasteiger partial charge >= 0.3 is 0 Å². The molecular formula is C20H24FNO2. The normalized spacial score (nSPS) is 20.8. The lowest BCUT2D eigenvalue weighted by Crippen LogP contribution is -2.31. The zero-order chi connectivity index (χ0) is 16.9. The van der Waals surface area contributed by atoms with E-state index in [0.717, 1.165) is 31.6 Å². The highest BCUT2D eigenvalue weighted by Gasteiger charge is 2.25. The predicted octanol–water partition coefficient (Wildman–Crippen LogP) is 4.64. The summed E-state index contributed by atoms with van der Waals surface area (Å²) in [6.45, 7) is 6.29. The Morgan fingerprint density at radius 1 is 1.25 bits per heavy atom. The molecule has 2 heterocycles. The van der Waals surface area contributed by atoms with Gasteiger partial charge in [-0.05, 0) is 43.0 Å². The zero-order valence-corrected chi connectivity index (χ0v) is 14.3. The minimum absolute atomic E-state index is 0.309. The molecule has 1 aliphatic heterocycles. The number of rotatable bonds is 5. The van der Waals surface area contributed by atoms with E-state index in [4.69, 9.17) is 9.47 Å². The van der Waals surface area contributed by atoms with Gasteiger partial charge in [0.1, 0.15) is 11.6 Å². The van der Waals surface area contributed by atoms with Gasteiger partial charge in [0.05, 0.1) is 18.9 Å². The number of nitrogens with zero attached hydrogens (tertiary/aromatic N) is 1. The van der Waals surface area contributed by atoms with E-state index in [1.165, 1.54) is 6.07 Å². The van der Waals surface area contributed by atoms with Crippen molar-refractivity contribution in [3.05, 3.63) is 47.9 Å². The maximum absolute atomic E-state index is 14.4. The number of aryl methyl sites for hydroxylation is 1. The maximum atomic E-state index is 14.4. The minimum atomic E-state index is -0.309. The van der Waals surface area contributed by atoms with Crippen LogP contribution < -0.4 is 4.74 Å². The molecule has 3 rings (SSSR count). The van der Waals surface area contributed by atoms with Gasteiger partial charge in [-0.15, -0.1) is 0 Å². The van der Waals surface area contributed by atoms with Crippen molar-refractivity contribution in [2.24, 2.45) is 11.8 Å². The quantitative estimate of drug-likeness (QED) is 0.801. The van der Waals surface area contributed by atoms with E-state index in [9.17, 15) is 4.39 Å². The molecule has 0 amide bonds. The summed E-state index contributed by atoms with van der Waals surface area (Å²) in [6.07, 6.45) is 3.95. The highest BCUT2D eigenvalue weighted by Crippen LogP contribution is 2.28. The summed E-state index contributed by atoms with van der Waals surface area (Å²) in [6, 6.07) is 8.75. The Morgan fingerprint density at radius 3 is 2.83 bits per heavy atom. The van der Waals surface area contributed by atoms with Gasteiger partial charge in [-0.25, -0.2) is 4.39 Å². The first kappa shape index (κ1) is 16.9. The smallest absolute Gasteiger partial charge is 0.136 e. The second-order valence-electron chi connectivity index (χ2n) is 6.47. The Kier molecular flexibility index (Phi) is 5.46. The van der Waals surface area contributed by atoms with Crippen LogP contribution in [-0.2, 0) is 4.74 Å². The van der Waals surface area contributed by atoms with Gasteiger partial charge in [-0.1, -0.05) is 19.4 Å². The minimum Gasteiger partial charge on any atom is -0.493 e. The van der Waals surface area contributed by atoms with Crippen LogP contribution >= 0.6 is 0 Å². The Morgan fingerprint density at radius 2 is 2.12 bits per heavy atom. The van der Waals surface area contributed by atoms with Crippen molar-refractivity contribution in [1.82, 2.24) is 4.98 Å². The summed E-state index contributed by atoms with van der Waals surface area (Å²) in [4.78, 5) is 4.28. The molecule has 0 N–H and O–H groups in total. The third-order valence-corrected chi connectivity index (χ3v) is 4.75. The van der Waals surface area contributed by atoms with E-state index in [1.807, 2.05) is 25.1 Å². The van der Waals surface area contributed by atoms with Crippen LogP contribution in [0.3, 0.4) is 0 Å². The lowest BCUT2D eigenvalue weighted by atomic mass is 9.87. The van der Waals surface area contributed by atoms with Gasteiger partial charge in [0.2, 0.25) is 0 Å². The van der Waals surface area contributed by atoms with Crippen molar-refractivity contribution in [3.63, 3.8) is 0 Å². The molecule has 2 atom stereocenters. The molecule has 1 aromatic heterocycles. The van der Waals surface area contributed by atoms with Crippen molar-refractivity contribution in [2.75, 3.05) is 19.8 Å². The predicted molar refractivity (Wildman–Crippen MR) is 92.6 cm³/mol. The van der Waals surface area contributed by atoms with Crippen molar-refractivity contribution in [3.8, 4) is 17.0 Å². The van der Waals surface area contributed by atoms with E-state index in [0.29, 0.717) is 35.4 Å². The molecule has 24 heavy (non-hydrogen) atoms. The first-order chi connectivity index (χ1) is 11.7. The largest absolute Gasteiger partial charge is 0.493 e. The first-order valence-electron chi connectivity index (χ1n) is 8.60. The molecule has 3 nitrogen and oxygen atoms in total. The number of halogens is 1. The molecule has 0 saturated carbocycles. The molecular weight excluding hydrogens is 305 g/mol. The third-order valence-electron chi connectivity index (χ3n) is 4.75. The van der Waals surface area contributed by atoms with Gasteiger partial charge in [-0.3, -0.25) is 4.98 Å². The second kappa shape index (κ2) is 7.75. The molecule has 0 radical (unpaired) electrons. The average Bonchev–Trinajstić information content (AvgIpc) is 2.61. The van der Waals surface area contributed by atoms with Crippen LogP contribution in [-0.4, -0.2) is 24.8 Å². The number of hydrogen-bond acceptors (Lipinski definition) is 3. The third kappa shape index (κ3) is 3.93. The van der Waals surface area contributed by atoms with Crippen LogP contribution in [0.25, 0.3) is 11.3 Å². The van der Waals surface area contributed by atoms with E-state index >= 15 is 0 Å². The molecule has 1 unspecified atom stereocenters. The van der Waals surface area contributed by atoms with Gasteiger partial charge in [-0.2, -0.15) is 0 Å². The fourth-order valence-electron chi connectivity index (χ4n) is 3.19. The van der Waals surface area contributed by atoms with Crippen LogP contribution in [0.15, 0.2) is 36.5 Å². The van der Waals surface area contributed by atoms with Gasteiger partial charge in [0, 0.05) is 30.4 Å². The van der Waals surface area contributed by atoms with Crippen LogP contribution in [0.5, 0.6) is 5.75 Å². The summed E-state index contributed by atoms with van der Waals surface area (Å²) in [5, 5.41) is 0. The van der Waals surface area contributed by atoms with Crippen LogP contribution in [0.1, 0.15) is 25.3 Å². The molecule has 1 aliphatic rings. The first-order valence-corrected chi connectivity index (χ1v) is 8.60. The second-order valence-corrected chi connectivity index (χ2v) is 6.47. The SMILES string of the molecule is CCC1CCOC[C@@H]1COc1ccc(-c2ccc(C)cn2)c(F)c1. The van der Waals surface area contributed by atoms with Crippen LogP contribution in [0, 0.1) is 24.6 Å². The van der Waals surface area contributed by atoms with Gasteiger partial charge in [0.15, 0.2) is 0 Å². The summed E-state index contributed by atoms with van der Waals surface area (Å²) < 4.78 is 25.8. The van der Waals surface area contributed by atoms with Gasteiger partial charge in [0.25, 0.3) is 0 Å². The van der Waals surface area contributed by atoms with E-state index in [1.54, 1.807) is 12.3 Å². The molecule has 1 aromatic carbocycles. The maximum Gasteiger partial charge on any atom is 0.136 e. The van der Waals surface area contributed by atoms with Crippen molar-refractivity contribution in [2.45, 2.75) is 26.7 Å². The zero-order valence-electron chi connectivity index (χ0n) is 14.3. The monoisotopic (exact) mass is 329 g/mol. The van der Waals surface area contributed by atoms with Crippen molar-refractivity contribution in [1.29, 1.82) is 0 Å². The van der Waals surface area contributed by atoms with Gasteiger partial charge < -0.3 is 9.47 Å². The average molecular weight is 329 g/mol. The Bertz CT molecular complexity index is 672. The van der Waals surface area contributed by atoms with E-state index in [2.05, 4.69) is 11.9 Å². The number of aromatic nitrogens is 1. The summed E-state index contributed by atoms with van der Waals surface area (Å²) >= 11 is 0. The molecule has 2 aromatic rings. The molecule has 0 aliphatic carbocycles. The number of hydrogen-bond donors (Lipinski definition) is 0. The molecule has 1 saturated heterocycles. The van der Waals surface area contributed by atoms with Crippen LogP contribution in [0.4, 0.5) is 4.39 Å². The van der Waals surface area contributed by atoms with Crippen molar-refractivity contribution < 1.29 is 13.9 Å². The summed E-state index contributed by atoms with van der Waals surface area (Å²) in [5.74, 6) is 1.25. The van der Waals surface area contributed by atoms with E-state index in [-0.39, 0.29) is 5.82 Å². The summed E-state index contributed by atoms with van der Waals surface area (Å²) in [5.41, 5.74) is 2.19. The molecule has 0 spiro atoms. The fraction of sp³-hybridized carbons (Fsp3) is 0.450.